The number of amides is 2. The summed E-state index contributed by atoms with van der Waals surface area (Å²) in [6.45, 7) is 0.108. The van der Waals surface area contributed by atoms with Crippen molar-refractivity contribution in [3.05, 3.63) is 41.3 Å². The van der Waals surface area contributed by atoms with Crippen LogP contribution in [0.15, 0.2) is 24.4 Å². The Bertz CT molecular complexity index is 1120. The van der Waals surface area contributed by atoms with Gasteiger partial charge in [-0.1, -0.05) is 12.1 Å². The lowest BCUT2D eigenvalue weighted by Gasteiger charge is -2.19. The summed E-state index contributed by atoms with van der Waals surface area (Å²) >= 11 is 0. The van der Waals surface area contributed by atoms with Crippen molar-refractivity contribution in [3.8, 4) is 5.88 Å². The Balaban J connectivity index is 0.000000917. The number of aromatic nitrogens is 2. The molecular weight excluding hydrogens is 465 g/mol. The van der Waals surface area contributed by atoms with Crippen LogP contribution in [0, 0.1) is 5.82 Å². The van der Waals surface area contributed by atoms with Crippen molar-refractivity contribution in [1.82, 2.24) is 15.3 Å². The van der Waals surface area contributed by atoms with Crippen LogP contribution < -0.4 is 20.3 Å². The van der Waals surface area contributed by atoms with Crippen molar-refractivity contribution < 1.29 is 38.5 Å². The van der Waals surface area contributed by atoms with Crippen LogP contribution in [0.3, 0.4) is 0 Å². The highest BCUT2D eigenvalue weighted by Crippen LogP contribution is 2.28. The van der Waals surface area contributed by atoms with Gasteiger partial charge in [-0.2, -0.15) is 0 Å². The highest BCUT2D eigenvalue weighted by molar-refractivity contribution is 5.94. The fourth-order valence-electron chi connectivity index (χ4n) is 4.26. The number of cyclic esters (lactones) is 1. The predicted molar refractivity (Wildman–Crippen MR) is 119 cm³/mol. The molecule has 0 spiro atoms. The van der Waals surface area contributed by atoms with E-state index in [0.717, 1.165) is 11.1 Å². The first kappa shape index (κ1) is 24.3. The van der Waals surface area contributed by atoms with Crippen molar-refractivity contribution in [3.63, 3.8) is 0 Å². The molecule has 4 N–H and O–H groups in total. The van der Waals surface area contributed by atoms with Gasteiger partial charge in [0.1, 0.15) is 11.9 Å². The third kappa shape index (κ3) is 5.63. The number of hydrogen-bond acceptors (Lipinski definition) is 9. The number of anilines is 2. The molecule has 0 saturated carbocycles. The number of aliphatic hydroxyl groups is 1. The van der Waals surface area contributed by atoms with Crippen LogP contribution in [0.5, 0.6) is 5.88 Å². The molecule has 0 bridgehead atoms. The second kappa shape index (κ2) is 10.6. The molecule has 35 heavy (non-hydrogen) atoms. The van der Waals surface area contributed by atoms with Crippen molar-refractivity contribution >= 4 is 30.1 Å². The smallest absolute Gasteiger partial charge is 0.415 e. The van der Waals surface area contributed by atoms with Crippen LogP contribution >= 0.6 is 0 Å². The molecule has 1 aromatic heterocycles. The lowest BCUT2D eigenvalue weighted by Crippen LogP contribution is -2.38. The Labute approximate surface area is 199 Å². The molecule has 1 fully saturated rings. The molecule has 2 aliphatic heterocycles. The average molecular weight is 489 g/mol. The molecule has 1 aromatic carbocycles. The molecule has 1 aliphatic carbocycles. The molecule has 2 aromatic rings. The molecule has 3 aliphatic rings. The first-order chi connectivity index (χ1) is 16.9. The van der Waals surface area contributed by atoms with Gasteiger partial charge in [-0.15, -0.1) is 0 Å². The fourth-order valence-corrected chi connectivity index (χ4v) is 4.26. The van der Waals surface area contributed by atoms with Gasteiger partial charge in [-0.3, -0.25) is 14.5 Å². The number of carboxylic acid groups (broad SMARTS) is 1. The Kier molecular flexibility index (Phi) is 7.36. The van der Waals surface area contributed by atoms with E-state index in [-0.39, 0.29) is 61.3 Å². The summed E-state index contributed by atoms with van der Waals surface area (Å²) < 4.78 is 24.4. The zero-order chi connectivity index (χ0) is 24.9. The third-order valence-electron chi connectivity index (χ3n) is 5.78. The largest absolute Gasteiger partial charge is 0.483 e. The number of carbonyl (C=O) groups is 3. The summed E-state index contributed by atoms with van der Waals surface area (Å²) in [6, 6.07) is 5.15. The van der Waals surface area contributed by atoms with Gasteiger partial charge in [0, 0.05) is 19.0 Å². The molecule has 0 radical (unpaired) electrons. The Hall–Kier alpha value is -3.84. The van der Waals surface area contributed by atoms with Crippen LogP contribution in [0.25, 0.3) is 0 Å². The predicted octanol–water partition coefficient (Wildman–Crippen LogP) is 0.481. The Morgan fingerprint density at radius 2 is 2.14 bits per heavy atom. The van der Waals surface area contributed by atoms with Crippen molar-refractivity contribution in [2.24, 2.45) is 0 Å². The number of nitrogens with zero attached hydrogens (tertiary/aromatic N) is 3. The van der Waals surface area contributed by atoms with Crippen LogP contribution in [-0.4, -0.2) is 76.6 Å². The summed E-state index contributed by atoms with van der Waals surface area (Å²) in [6.07, 6.45) is 1.02. The molecule has 3 atom stereocenters. The van der Waals surface area contributed by atoms with Gasteiger partial charge in [-0.05, 0) is 30.0 Å². The lowest BCUT2D eigenvalue weighted by molar-refractivity contribution is -0.123. The normalized spacial score (nSPS) is 21.0. The number of rotatable bonds is 6. The van der Waals surface area contributed by atoms with Gasteiger partial charge < -0.3 is 30.3 Å². The minimum absolute atomic E-state index is 0.0578. The van der Waals surface area contributed by atoms with Crippen LogP contribution in [0.1, 0.15) is 17.5 Å². The number of nitrogens with one attached hydrogen (secondary N) is 2. The van der Waals surface area contributed by atoms with E-state index in [2.05, 4.69) is 20.6 Å². The maximum atomic E-state index is 13.9. The average Bonchev–Trinajstić information content (AvgIpc) is 3.41. The topological polar surface area (TPSA) is 163 Å². The van der Waals surface area contributed by atoms with Gasteiger partial charge >= 0.3 is 6.09 Å². The van der Waals surface area contributed by atoms with E-state index < -0.39 is 18.3 Å². The van der Waals surface area contributed by atoms with Gasteiger partial charge in [-0.25, -0.2) is 19.2 Å². The molecule has 13 heteroatoms. The van der Waals surface area contributed by atoms with E-state index >= 15 is 0 Å². The van der Waals surface area contributed by atoms with Gasteiger partial charge in [0.05, 0.1) is 18.8 Å². The number of aliphatic hydroxyl groups excluding tert-OH is 1. The van der Waals surface area contributed by atoms with Crippen molar-refractivity contribution in [1.29, 1.82) is 0 Å². The Morgan fingerprint density at radius 1 is 1.34 bits per heavy atom. The van der Waals surface area contributed by atoms with E-state index in [1.54, 1.807) is 6.07 Å². The van der Waals surface area contributed by atoms with Gasteiger partial charge in [0.2, 0.25) is 0 Å². The summed E-state index contributed by atoms with van der Waals surface area (Å²) in [5, 5.41) is 23.1. The first-order valence-electron chi connectivity index (χ1n) is 10.9. The van der Waals surface area contributed by atoms with Crippen molar-refractivity contribution in [2.75, 3.05) is 29.9 Å². The quantitative estimate of drug-likeness (QED) is 0.420. The van der Waals surface area contributed by atoms with Crippen LogP contribution in [0.4, 0.5) is 20.8 Å². The third-order valence-corrected chi connectivity index (χ3v) is 5.78. The Morgan fingerprint density at radius 3 is 2.91 bits per heavy atom. The zero-order valence-corrected chi connectivity index (χ0v) is 18.5. The summed E-state index contributed by atoms with van der Waals surface area (Å²) in [7, 11) is 0. The highest BCUT2D eigenvalue weighted by Gasteiger charge is 2.35. The number of fused-ring (bicyclic) bond motifs is 2. The van der Waals surface area contributed by atoms with E-state index in [0.29, 0.717) is 19.4 Å². The highest BCUT2D eigenvalue weighted by atomic mass is 19.1. The monoisotopic (exact) mass is 489 g/mol. The number of ether oxygens (including phenoxy) is 2. The molecule has 3 heterocycles. The summed E-state index contributed by atoms with van der Waals surface area (Å²) in [5.74, 6) is 0.0119. The lowest BCUT2D eigenvalue weighted by atomic mass is 10.1. The standard InChI is InChI=1S/C21H22FN5O5.CH2O2/c22-16-3-1-2-11-4-12(5-15(11)16)23-7-13(28)6-14-9-27(21(30)32-14)17-8-24-20-19(25-17)26-18(29)10-31-20;2-1-3/h1-3,8,12-14,23,28H,4-7,9-10H2,(H,25,26,29);1H,(H,2,3). The minimum atomic E-state index is -0.747. The molecular formula is C22H24FN5O7. The molecule has 2 amide bonds. The summed E-state index contributed by atoms with van der Waals surface area (Å²) in [4.78, 5) is 41.7. The van der Waals surface area contributed by atoms with E-state index in [9.17, 15) is 19.1 Å². The molecule has 12 nitrogen and oxygen atoms in total. The number of halogens is 1. The second-order valence-electron chi connectivity index (χ2n) is 8.22. The molecule has 1 saturated heterocycles. The molecule has 3 unspecified atom stereocenters. The molecule has 186 valence electrons. The van der Waals surface area contributed by atoms with Crippen molar-refractivity contribution in [2.45, 2.75) is 37.5 Å². The number of benzene rings is 1. The van der Waals surface area contributed by atoms with E-state index in [1.807, 2.05) is 6.07 Å². The number of carbonyl (C=O) groups excluding carboxylic acids is 2. The SMILES string of the molecule is O=C1COc2ncc(N3CC(CC(O)CNC4Cc5cccc(F)c5C4)OC3=O)nc2N1.O=CO. The summed E-state index contributed by atoms with van der Waals surface area (Å²) in [5.41, 5.74) is 1.72. The second-order valence-corrected chi connectivity index (χ2v) is 8.22. The first-order valence-corrected chi connectivity index (χ1v) is 10.9. The maximum absolute atomic E-state index is 13.9. The van der Waals surface area contributed by atoms with Crippen LogP contribution in [0.2, 0.25) is 0 Å². The maximum Gasteiger partial charge on any atom is 0.415 e. The van der Waals surface area contributed by atoms with E-state index in [4.69, 9.17) is 19.4 Å². The minimum Gasteiger partial charge on any atom is -0.483 e. The van der Waals surface area contributed by atoms with Gasteiger partial charge in [0.15, 0.2) is 18.2 Å². The number of hydrogen-bond donors (Lipinski definition) is 4. The van der Waals surface area contributed by atoms with Crippen LogP contribution in [-0.2, 0) is 27.2 Å². The van der Waals surface area contributed by atoms with E-state index in [1.165, 1.54) is 17.2 Å². The fraction of sp³-hybridized carbons (Fsp3) is 0.409. The molecule has 5 rings (SSSR count). The zero-order valence-electron chi connectivity index (χ0n) is 18.5. The van der Waals surface area contributed by atoms with Gasteiger partial charge in [0.25, 0.3) is 18.3 Å².